The third-order valence-corrected chi connectivity index (χ3v) is 4.69. The summed E-state index contributed by atoms with van der Waals surface area (Å²) in [5.41, 5.74) is 2.43. The Labute approximate surface area is 129 Å². The number of hydrogen-bond acceptors (Lipinski definition) is 3. The molecule has 1 unspecified atom stereocenters. The number of aryl methyl sites for hydroxylation is 1. The van der Waals surface area contributed by atoms with E-state index in [-0.39, 0.29) is 0 Å². The van der Waals surface area contributed by atoms with Gasteiger partial charge in [0.25, 0.3) is 0 Å². The number of para-hydroxylation sites is 1. The van der Waals surface area contributed by atoms with E-state index >= 15 is 0 Å². The van der Waals surface area contributed by atoms with Gasteiger partial charge in [0.2, 0.25) is 0 Å². The molecule has 3 heteroatoms. The molecule has 108 valence electrons. The molecule has 1 atom stereocenters. The van der Waals surface area contributed by atoms with E-state index in [1.807, 2.05) is 23.6 Å². The summed E-state index contributed by atoms with van der Waals surface area (Å²) in [7, 11) is 0. The predicted octanol–water partition coefficient (Wildman–Crippen LogP) is 4.58. The number of fused-ring (bicyclic) bond motifs is 1. The second kappa shape index (κ2) is 6.83. The Morgan fingerprint density at radius 3 is 2.86 bits per heavy atom. The van der Waals surface area contributed by atoms with E-state index in [0.29, 0.717) is 6.04 Å². The molecular formula is C18H20N2S. The summed E-state index contributed by atoms with van der Waals surface area (Å²) in [6.45, 7) is 3.13. The van der Waals surface area contributed by atoms with Gasteiger partial charge in [0.15, 0.2) is 0 Å². The van der Waals surface area contributed by atoms with Gasteiger partial charge < -0.3 is 5.32 Å². The molecule has 2 heterocycles. The maximum Gasteiger partial charge on any atom is 0.0749 e. The van der Waals surface area contributed by atoms with Crippen LogP contribution in [0, 0.1) is 0 Å². The Hall–Kier alpha value is -1.71. The van der Waals surface area contributed by atoms with E-state index in [4.69, 9.17) is 0 Å². The van der Waals surface area contributed by atoms with E-state index in [1.165, 1.54) is 15.8 Å². The SMILES string of the molecule is CCNC(CCc1cccs1)c1cccc2cccnc12. The van der Waals surface area contributed by atoms with Crippen LogP contribution < -0.4 is 5.32 Å². The first-order valence-electron chi connectivity index (χ1n) is 7.48. The van der Waals surface area contributed by atoms with Crippen molar-refractivity contribution in [2.45, 2.75) is 25.8 Å². The van der Waals surface area contributed by atoms with E-state index in [2.05, 4.69) is 59.0 Å². The highest BCUT2D eigenvalue weighted by atomic mass is 32.1. The maximum absolute atomic E-state index is 4.59. The van der Waals surface area contributed by atoms with E-state index < -0.39 is 0 Å². The molecule has 0 spiro atoms. The topological polar surface area (TPSA) is 24.9 Å². The maximum atomic E-state index is 4.59. The van der Waals surface area contributed by atoms with Crippen LogP contribution in [-0.2, 0) is 6.42 Å². The molecule has 0 fully saturated rings. The van der Waals surface area contributed by atoms with Crippen LogP contribution in [0.1, 0.15) is 29.8 Å². The molecule has 1 N–H and O–H groups in total. The van der Waals surface area contributed by atoms with Crippen LogP contribution in [0.3, 0.4) is 0 Å². The summed E-state index contributed by atoms with van der Waals surface area (Å²) in [6, 6.07) is 15.3. The molecule has 0 radical (unpaired) electrons. The largest absolute Gasteiger partial charge is 0.310 e. The molecule has 0 aliphatic rings. The fraction of sp³-hybridized carbons (Fsp3) is 0.278. The molecule has 0 saturated heterocycles. The van der Waals surface area contributed by atoms with E-state index in [0.717, 1.165) is 24.9 Å². The molecule has 0 saturated carbocycles. The molecule has 21 heavy (non-hydrogen) atoms. The minimum absolute atomic E-state index is 0.357. The molecule has 1 aromatic carbocycles. The summed E-state index contributed by atoms with van der Waals surface area (Å²) in [5, 5.41) is 6.98. The highest BCUT2D eigenvalue weighted by molar-refractivity contribution is 7.09. The van der Waals surface area contributed by atoms with Gasteiger partial charge in [-0.05, 0) is 42.5 Å². The van der Waals surface area contributed by atoms with Gasteiger partial charge in [0.1, 0.15) is 0 Å². The highest BCUT2D eigenvalue weighted by Gasteiger charge is 2.14. The first-order valence-corrected chi connectivity index (χ1v) is 8.36. The smallest absolute Gasteiger partial charge is 0.0749 e. The Bertz CT molecular complexity index is 686. The van der Waals surface area contributed by atoms with Crippen molar-refractivity contribution in [1.29, 1.82) is 0 Å². The van der Waals surface area contributed by atoms with Crippen molar-refractivity contribution in [3.05, 3.63) is 64.5 Å². The normalized spacial score (nSPS) is 12.6. The lowest BCUT2D eigenvalue weighted by molar-refractivity contribution is 0.519. The highest BCUT2D eigenvalue weighted by Crippen LogP contribution is 2.26. The molecule has 3 aromatic rings. The second-order valence-corrected chi connectivity index (χ2v) is 6.18. The number of benzene rings is 1. The number of rotatable bonds is 6. The van der Waals surface area contributed by atoms with Crippen molar-refractivity contribution in [2.24, 2.45) is 0 Å². The van der Waals surface area contributed by atoms with Crippen molar-refractivity contribution in [1.82, 2.24) is 10.3 Å². The molecule has 0 amide bonds. The minimum Gasteiger partial charge on any atom is -0.310 e. The van der Waals surface area contributed by atoms with Crippen molar-refractivity contribution in [3.63, 3.8) is 0 Å². The number of nitrogens with zero attached hydrogens (tertiary/aromatic N) is 1. The first kappa shape index (κ1) is 14.2. The number of aromatic nitrogens is 1. The number of thiophene rings is 1. The first-order chi connectivity index (χ1) is 10.4. The van der Waals surface area contributed by atoms with Crippen LogP contribution in [0.4, 0.5) is 0 Å². The van der Waals surface area contributed by atoms with Gasteiger partial charge in [0, 0.05) is 22.5 Å². The second-order valence-electron chi connectivity index (χ2n) is 5.15. The zero-order valence-corrected chi connectivity index (χ0v) is 13.1. The Balaban J connectivity index is 1.88. The molecule has 2 aromatic heterocycles. The summed E-state index contributed by atoms with van der Waals surface area (Å²) in [5.74, 6) is 0. The number of hydrogen-bond donors (Lipinski definition) is 1. The van der Waals surface area contributed by atoms with Gasteiger partial charge in [0.05, 0.1) is 5.52 Å². The van der Waals surface area contributed by atoms with Gasteiger partial charge in [-0.25, -0.2) is 0 Å². The summed E-state index contributed by atoms with van der Waals surface area (Å²) in [4.78, 5) is 6.04. The van der Waals surface area contributed by atoms with E-state index in [9.17, 15) is 0 Å². The van der Waals surface area contributed by atoms with Crippen LogP contribution in [0.2, 0.25) is 0 Å². The molecule has 0 aliphatic carbocycles. The lowest BCUT2D eigenvalue weighted by Gasteiger charge is -2.19. The summed E-state index contributed by atoms with van der Waals surface area (Å²) < 4.78 is 0. The molecule has 3 rings (SSSR count). The quantitative estimate of drug-likeness (QED) is 0.720. The zero-order valence-electron chi connectivity index (χ0n) is 12.3. The Morgan fingerprint density at radius 1 is 1.14 bits per heavy atom. The third-order valence-electron chi connectivity index (χ3n) is 3.75. The molecular weight excluding hydrogens is 276 g/mol. The fourth-order valence-corrected chi connectivity index (χ4v) is 3.49. The molecule has 0 aliphatic heterocycles. The van der Waals surface area contributed by atoms with Gasteiger partial charge in [-0.1, -0.05) is 37.3 Å². The Kier molecular flexibility index (Phi) is 4.63. The van der Waals surface area contributed by atoms with Crippen LogP contribution in [0.5, 0.6) is 0 Å². The summed E-state index contributed by atoms with van der Waals surface area (Å²) in [6.07, 6.45) is 4.09. The predicted molar refractivity (Wildman–Crippen MR) is 90.8 cm³/mol. The number of nitrogens with one attached hydrogen (secondary N) is 1. The standard InChI is InChI=1S/C18H20N2S/c1-2-19-17(11-10-15-8-5-13-21-15)16-9-3-6-14-7-4-12-20-18(14)16/h3-9,12-13,17,19H,2,10-11H2,1H3. The van der Waals surface area contributed by atoms with Gasteiger partial charge in [-0.2, -0.15) is 0 Å². The summed E-state index contributed by atoms with van der Waals surface area (Å²) >= 11 is 1.84. The van der Waals surface area contributed by atoms with Crippen LogP contribution in [0.15, 0.2) is 54.0 Å². The van der Waals surface area contributed by atoms with E-state index in [1.54, 1.807) is 0 Å². The average molecular weight is 296 g/mol. The van der Waals surface area contributed by atoms with Crippen LogP contribution in [0.25, 0.3) is 10.9 Å². The van der Waals surface area contributed by atoms with Crippen LogP contribution >= 0.6 is 11.3 Å². The van der Waals surface area contributed by atoms with Gasteiger partial charge in [-0.15, -0.1) is 11.3 Å². The Morgan fingerprint density at radius 2 is 2.05 bits per heavy atom. The molecule has 2 nitrogen and oxygen atoms in total. The van der Waals surface area contributed by atoms with Crippen molar-refractivity contribution in [3.8, 4) is 0 Å². The van der Waals surface area contributed by atoms with Gasteiger partial charge >= 0.3 is 0 Å². The third kappa shape index (κ3) is 3.31. The monoisotopic (exact) mass is 296 g/mol. The van der Waals surface area contributed by atoms with Crippen LogP contribution in [-0.4, -0.2) is 11.5 Å². The lowest BCUT2D eigenvalue weighted by atomic mass is 9.98. The van der Waals surface area contributed by atoms with Crippen molar-refractivity contribution in [2.75, 3.05) is 6.54 Å². The van der Waals surface area contributed by atoms with Gasteiger partial charge in [-0.3, -0.25) is 4.98 Å². The number of pyridine rings is 1. The van der Waals surface area contributed by atoms with Crippen molar-refractivity contribution < 1.29 is 0 Å². The minimum atomic E-state index is 0.357. The fourth-order valence-electron chi connectivity index (χ4n) is 2.76. The van der Waals surface area contributed by atoms with Crippen molar-refractivity contribution >= 4 is 22.2 Å². The molecule has 0 bridgehead atoms. The zero-order chi connectivity index (χ0) is 14.5. The average Bonchev–Trinajstić information content (AvgIpc) is 3.04. The lowest BCUT2D eigenvalue weighted by Crippen LogP contribution is -2.21.